The fourth-order valence-electron chi connectivity index (χ4n) is 3.47. The fraction of sp³-hybridized carbons (Fsp3) is 0.0417. The maximum Gasteiger partial charge on any atom is 0.291 e. The average Bonchev–Trinajstić information content (AvgIpc) is 3.51. The van der Waals surface area contributed by atoms with E-state index in [0.717, 1.165) is 0 Å². The Morgan fingerprint density at radius 2 is 1.89 bits per heavy atom. The lowest BCUT2D eigenvalue weighted by molar-refractivity contribution is -0.384. The van der Waals surface area contributed by atoms with Crippen molar-refractivity contribution in [3.05, 3.63) is 93.7 Å². The molecule has 2 aromatic heterocycles. The third-order valence-electron chi connectivity index (χ3n) is 5.18. The molecule has 5 rings (SSSR count). The van der Waals surface area contributed by atoms with E-state index in [-0.39, 0.29) is 11.4 Å². The van der Waals surface area contributed by atoms with Gasteiger partial charge in [-0.05, 0) is 48.5 Å². The van der Waals surface area contributed by atoms with Gasteiger partial charge in [-0.15, -0.1) is 10.2 Å². The zero-order chi connectivity index (χ0) is 24.5. The first-order valence-corrected chi connectivity index (χ1v) is 10.7. The van der Waals surface area contributed by atoms with Crippen LogP contribution in [0.15, 0.2) is 77.2 Å². The Hall–Kier alpha value is -4.70. The van der Waals surface area contributed by atoms with Crippen molar-refractivity contribution in [3.8, 4) is 22.8 Å². The second kappa shape index (κ2) is 8.92. The molecular weight excluding hydrogens is 474 g/mol. The summed E-state index contributed by atoms with van der Waals surface area (Å²) in [5.74, 6) is 0.470. The number of nitrogens with zero attached hydrogens (tertiary/aromatic N) is 4. The number of nitro groups is 1. The van der Waals surface area contributed by atoms with E-state index in [1.54, 1.807) is 54.6 Å². The Labute approximate surface area is 202 Å². The van der Waals surface area contributed by atoms with Gasteiger partial charge in [-0.3, -0.25) is 14.9 Å². The number of benzene rings is 3. The number of nitro benzene ring substituents is 1. The Kier molecular flexibility index (Phi) is 5.63. The van der Waals surface area contributed by atoms with E-state index in [9.17, 15) is 14.9 Å². The lowest BCUT2D eigenvalue weighted by atomic mass is 10.1. The van der Waals surface area contributed by atoms with Crippen LogP contribution in [0.25, 0.3) is 28.0 Å². The molecule has 0 fully saturated rings. The molecule has 0 saturated carbocycles. The number of anilines is 1. The molecule has 0 aliphatic heterocycles. The van der Waals surface area contributed by atoms with Crippen LogP contribution in [0.2, 0.25) is 5.02 Å². The van der Waals surface area contributed by atoms with Crippen LogP contribution in [-0.2, 0) is 0 Å². The van der Waals surface area contributed by atoms with Crippen LogP contribution in [0.1, 0.15) is 10.6 Å². The van der Waals surface area contributed by atoms with Crippen molar-refractivity contribution < 1.29 is 18.9 Å². The van der Waals surface area contributed by atoms with Gasteiger partial charge in [0, 0.05) is 23.4 Å². The third kappa shape index (κ3) is 4.42. The van der Waals surface area contributed by atoms with Crippen molar-refractivity contribution in [3.63, 3.8) is 0 Å². The fourth-order valence-corrected chi connectivity index (χ4v) is 3.72. The second-order valence-corrected chi connectivity index (χ2v) is 7.84. The number of ether oxygens (including phenoxy) is 1. The number of nitrogens with one attached hydrogen (secondary N) is 1. The summed E-state index contributed by atoms with van der Waals surface area (Å²) >= 11 is 6.20. The molecule has 2 heterocycles. The van der Waals surface area contributed by atoms with Gasteiger partial charge in [-0.25, -0.2) is 0 Å². The van der Waals surface area contributed by atoms with Crippen molar-refractivity contribution in [2.24, 2.45) is 0 Å². The van der Waals surface area contributed by atoms with E-state index in [1.807, 2.05) is 0 Å². The molecule has 1 amide bonds. The van der Waals surface area contributed by atoms with Gasteiger partial charge in [0.1, 0.15) is 22.5 Å². The molecule has 10 nitrogen and oxygen atoms in total. The highest BCUT2D eigenvalue weighted by Gasteiger charge is 2.15. The molecule has 0 aliphatic carbocycles. The Balaban J connectivity index is 1.35. The lowest BCUT2D eigenvalue weighted by Crippen LogP contribution is -2.10. The molecule has 0 saturated heterocycles. The SMILES string of the molecule is COc1ccc(-n2nc3ccc(NC(=O)c4ccc(-c5cccc([N+](=O)[O-])c5)o4)cc3n2)cc1Cl. The number of amides is 1. The number of non-ortho nitro benzene ring substituents is 1. The van der Waals surface area contributed by atoms with Crippen LogP contribution in [0, 0.1) is 10.1 Å². The summed E-state index contributed by atoms with van der Waals surface area (Å²) in [6.45, 7) is 0. The predicted molar refractivity (Wildman–Crippen MR) is 129 cm³/mol. The van der Waals surface area contributed by atoms with Gasteiger partial charge in [0.15, 0.2) is 5.76 Å². The summed E-state index contributed by atoms with van der Waals surface area (Å²) in [5, 5.41) is 23.1. The highest BCUT2D eigenvalue weighted by molar-refractivity contribution is 6.32. The van der Waals surface area contributed by atoms with Crippen molar-refractivity contribution in [1.29, 1.82) is 0 Å². The van der Waals surface area contributed by atoms with E-state index in [1.165, 1.54) is 30.1 Å². The van der Waals surface area contributed by atoms with E-state index in [0.29, 0.717) is 44.5 Å². The number of halogens is 1. The summed E-state index contributed by atoms with van der Waals surface area (Å²) < 4.78 is 10.8. The van der Waals surface area contributed by atoms with Gasteiger partial charge in [0.2, 0.25) is 0 Å². The number of carbonyl (C=O) groups excluding carboxylic acids is 1. The van der Waals surface area contributed by atoms with Crippen molar-refractivity contribution in [1.82, 2.24) is 15.0 Å². The van der Waals surface area contributed by atoms with Crippen molar-refractivity contribution in [2.45, 2.75) is 0 Å². The number of hydrogen-bond acceptors (Lipinski definition) is 7. The zero-order valence-corrected chi connectivity index (χ0v) is 18.9. The molecule has 35 heavy (non-hydrogen) atoms. The minimum atomic E-state index is -0.490. The first kappa shape index (κ1) is 22.1. The zero-order valence-electron chi connectivity index (χ0n) is 18.1. The number of hydrogen-bond donors (Lipinski definition) is 1. The number of fused-ring (bicyclic) bond motifs is 1. The van der Waals surface area contributed by atoms with Gasteiger partial charge >= 0.3 is 0 Å². The van der Waals surface area contributed by atoms with Crippen LogP contribution >= 0.6 is 11.6 Å². The topological polar surface area (TPSA) is 125 Å². The Morgan fingerprint density at radius 3 is 2.66 bits per heavy atom. The molecule has 1 N–H and O–H groups in total. The standard InChI is InChI=1S/C24H16ClN5O5/c1-34-22-8-6-16(13-18(22)25)29-27-19-7-5-15(12-20(19)28-29)26-24(31)23-10-9-21(35-23)14-3-2-4-17(11-14)30(32)33/h2-13H,1H3,(H,26,31). The second-order valence-electron chi connectivity index (χ2n) is 7.44. The molecule has 0 bridgehead atoms. The van der Waals surface area contributed by atoms with E-state index in [2.05, 4.69) is 15.5 Å². The number of rotatable bonds is 6. The molecule has 5 aromatic rings. The molecule has 0 unspecified atom stereocenters. The summed E-state index contributed by atoms with van der Waals surface area (Å²) in [6, 6.07) is 19.4. The molecule has 0 radical (unpaired) electrons. The van der Waals surface area contributed by atoms with Crippen molar-refractivity contribution in [2.75, 3.05) is 12.4 Å². The molecule has 174 valence electrons. The smallest absolute Gasteiger partial charge is 0.291 e. The first-order chi connectivity index (χ1) is 16.9. The third-order valence-corrected chi connectivity index (χ3v) is 5.47. The Bertz CT molecular complexity index is 1590. The molecule has 0 spiro atoms. The van der Waals surface area contributed by atoms with E-state index < -0.39 is 10.8 Å². The number of furan rings is 1. The van der Waals surface area contributed by atoms with Crippen LogP contribution in [-0.4, -0.2) is 32.9 Å². The van der Waals surface area contributed by atoms with Gasteiger partial charge < -0.3 is 14.5 Å². The minimum absolute atomic E-state index is 0.0585. The van der Waals surface area contributed by atoms with Crippen LogP contribution in [0.3, 0.4) is 0 Å². The van der Waals surface area contributed by atoms with Crippen molar-refractivity contribution >= 4 is 39.9 Å². The first-order valence-electron chi connectivity index (χ1n) is 10.3. The van der Waals surface area contributed by atoms with Gasteiger partial charge in [-0.1, -0.05) is 23.7 Å². The van der Waals surface area contributed by atoms with Crippen LogP contribution < -0.4 is 10.1 Å². The predicted octanol–water partition coefficient (Wildman–Crippen LogP) is 5.50. The molecular formula is C24H16ClN5O5. The number of carbonyl (C=O) groups is 1. The minimum Gasteiger partial charge on any atom is -0.495 e. The summed E-state index contributed by atoms with van der Waals surface area (Å²) in [5.41, 5.74) is 2.77. The average molecular weight is 490 g/mol. The van der Waals surface area contributed by atoms with E-state index in [4.69, 9.17) is 20.8 Å². The van der Waals surface area contributed by atoms with Gasteiger partial charge in [0.05, 0.1) is 22.7 Å². The Morgan fingerprint density at radius 1 is 1.06 bits per heavy atom. The highest BCUT2D eigenvalue weighted by Crippen LogP contribution is 2.28. The number of methoxy groups -OCH3 is 1. The maximum absolute atomic E-state index is 12.7. The van der Waals surface area contributed by atoms with Gasteiger partial charge in [0.25, 0.3) is 11.6 Å². The normalized spacial score (nSPS) is 10.9. The molecule has 0 aliphatic rings. The summed E-state index contributed by atoms with van der Waals surface area (Å²) in [4.78, 5) is 24.7. The van der Waals surface area contributed by atoms with E-state index >= 15 is 0 Å². The summed E-state index contributed by atoms with van der Waals surface area (Å²) in [7, 11) is 1.54. The summed E-state index contributed by atoms with van der Waals surface area (Å²) in [6.07, 6.45) is 0. The molecule has 3 aromatic carbocycles. The highest BCUT2D eigenvalue weighted by atomic mass is 35.5. The quantitative estimate of drug-likeness (QED) is 0.246. The lowest BCUT2D eigenvalue weighted by Gasteiger charge is -2.04. The molecule has 0 atom stereocenters. The largest absolute Gasteiger partial charge is 0.495 e. The number of aromatic nitrogens is 3. The molecule has 11 heteroatoms. The van der Waals surface area contributed by atoms with Gasteiger partial charge in [-0.2, -0.15) is 4.80 Å². The maximum atomic E-state index is 12.7. The van der Waals surface area contributed by atoms with Crippen LogP contribution in [0.5, 0.6) is 5.75 Å². The van der Waals surface area contributed by atoms with Crippen LogP contribution in [0.4, 0.5) is 11.4 Å². The monoisotopic (exact) mass is 489 g/mol.